The molecule has 1 aliphatic rings. The molecule has 0 amide bonds. The van der Waals surface area contributed by atoms with Crippen LogP contribution in [0.2, 0.25) is 5.02 Å². The van der Waals surface area contributed by atoms with Crippen molar-refractivity contribution in [1.29, 1.82) is 5.26 Å². The number of halogens is 1. The first kappa shape index (κ1) is 20.4. The van der Waals surface area contributed by atoms with E-state index in [1.54, 1.807) is 42.5 Å². The van der Waals surface area contributed by atoms with Crippen LogP contribution in [-0.2, 0) is 16.4 Å². The number of rotatable bonds is 3. The second kappa shape index (κ2) is 7.75. The van der Waals surface area contributed by atoms with Gasteiger partial charge in [-0.25, -0.2) is 12.4 Å². The summed E-state index contributed by atoms with van der Waals surface area (Å²) >= 11 is 6.01. The standard InChI is InChI=1S/C23H19ClN2O3S/c1-15-6-5-9-19-21(16-10-12-17(24)13-11-16)20(14-25)23(27)26(22(15)19)30(28,29)18-7-3-2-4-8-18/h2-4,7-8,10-13,15H,5-6,9H2,1H3. The predicted molar refractivity (Wildman–Crippen MR) is 116 cm³/mol. The molecule has 1 aliphatic carbocycles. The van der Waals surface area contributed by atoms with Crippen LogP contribution in [0.1, 0.15) is 42.5 Å². The molecule has 3 aromatic rings. The monoisotopic (exact) mass is 438 g/mol. The van der Waals surface area contributed by atoms with Crippen molar-refractivity contribution in [3.8, 4) is 17.2 Å². The Kier molecular flexibility index (Phi) is 5.27. The number of pyridine rings is 1. The lowest BCUT2D eigenvalue weighted by atomic mass is 9.82. The van der Waals surface area contributed by atoms with Gasteiger partial charge < -0.3 is 0 Å². The largest absolute Gasteiger partial charge is 0.283 e. The summed E-state index contributed by atoms with van der Waals surface area (Å²) in [6.45, 7) is 1.92. The fourth-order valence-corrected chi connectivity index (χ4v) is 5.86. The predicted octanol–water partition coefficient (Wildman–Crippen LogP) is 4.72. The van der Waals surface area contributed by atoms with E-state index in [0.29, 0.717) is 28.3 Å². The average Bonchev–Trinajstić information content (AvgIpc) is 2.74. The summed E-state index contributed by atoms with van der Waals surface area (Å²) in [5.74, 6) is -0.140. The molecule has 1 unspecified atom stereocenters. The first-order valence-electron chi connectivity index (χ1n) is 9.64. The SMILES string of the molecule is CC1CCCc2c(-c3ccc(Cl)cc3)c(C#N)c(=O)n(S(=O)(=O)c3ccccc3)c21. The molecule has 0 saturated carbocycles. The first-order valence-corrected chi connectivity index (χ1v) is 11.5. The van der Waals surface area contributed by atoms with Gasteiger partial charge in [0.15, 0.2) is 0 Å². The van der Waals surface area contributed by atoms with Gasteiger partial charge in [-0.15, -0.1) is 0 Å². The molecule has 5 nitrogen and oxygen atoms in total. The molecular formula is C23H19ClN2O3S. The fourth-order valence-electron chi connectivity index (χ4n) is 4.17. The van der Waals surface area contributed by atoms with Crippen LogP contribution in [0, 0.1) is 11.3 Å². The molecule has 0 radical (unpaired) electrons. The lowest BCUT2D eigenvalue weighted by Gasteiger charge is -2.29. The van der Waals surface area contributed by atoms with Crippen molar-refractivity contribution in [3.63, 3.8) is 0 Å². The minimum absolute atomic E-state index is 0.0233. The summed E-state index contributed by atoms with van der Waals surface area (Å²) in [6, 6.07) is 16.7. The average molecular weight is 439 g/mol. The minimum Gasteiger partial charge on any atom is -0.267 e. The molecule has 0 saturated heterocycles. The van der Waals surface area contributed by atoms with Gasteiger partial charge in [0.1, 0.15) is 11.6 Å². The number of aromatic nitrogens is 1. The van der Waals surface area contributed by atoms with E-state index < -0.39 is 15.6 Å². The molecule has 0 bridgehead atoms. The van der Waals surface area contributed by atoms with E-state index in [2.05, 4.69) is 0 Å². The van der Waals surface area contributed by atoms with Crippen molar-refractivity contribution in [2.24, 2.45) is 0 Å². The highest BCUT2D eigenvalue weighted by Gasteiger charge is 2.33. The van der Waals surface area contributed by atoms with Crippen molar-refractivity contribution in [2.75, 3.05) is 0 Å². The minimum atomic E-state index is -4.15. The highest BCUT2D eigenvalue weighted by Crippen LogP contribution is 2.39. The molecule has 0 aliphatic heterocycles. The molecule has 0 spiro atoms. The van der Waals surface area contributed by atoms with Gasteiger partial charge in [0.25, 0.3) is 15.6 Å². The molecule has 1 atom stereocenters. The maximum Gasteiger partial charge on any atom is 0.283 e. The molecule has 2 aromatic carbocycles. The van der Waals surface area contributed by atoms with Crippen molar-refractivity contribution >= 4 is 21.6 Å². The highest BCUT2D eigenvalue weighted by molar-refractivity contribution is 7.90. The van der Waals surface area contributed by atoms with Gasteiger partial charge in [-0.3, -0.25) is 4.79 Å². The van der Waals surface area contributed by atoms with E-state index >= 15 is 0 Å². The summed E-state index contributed by atoms with van der Waals surface area (Å²) in [4.78, 5) is 13.5. The van der Waals surface area contributed by atoms with Gasteiger partial charge in [0, 0.05) is 16.3 Å². The van der Waals surface area contributed by atoms with Crippen molar-refractivity contribution in [3.05, 3.63) is 86.8 Å². The maximum absolute atomic E-state index is 13.5. The van der Waals surface area contributed by atoms with Crippen LogP contribution in [0.4, 0.5) is 0 Å². The van der Waals surface area contributed by atoms with E-state index in [9.17, 15) is 18.5 Å². The molecule has 7 heteroatoms. The van der Waals surface area contributed by atoms with Crippen LogP contribution in [0.3, 0.4) is 0 Å². The number of hydrogen-bond acceptors (Lipinski definition) is 4. The normalized spacial score (nSPS) is 16.0. The fraction of sp³-hybridized carbons (Fsp3) is 0.217. The summed E-state index contributed by atoms with van der Waals surface area (Å²) in [5, 5.41) is 10.4. The summed E-state index contributed by atoms with van der Waals surface area (Å²) < 4.78 is 27.8. The Hall–Kier alpha value is -2.88. The third-order valence-electron chi connectivity index (χ3n) is 5.53. The van der Waals surface area contributed by atoms with Crippen LogP contribution in [0.25, 0.3) is 11.1 Å². The highest BCUT2D eigenvalue weighted by atomic mass is 35.5. The van der Waals surface area contributed by atoms with Crippen LogP contribution in [0.15, 0.2) is 64.3 Å². The second-order valence-electron chi connectivity index (χ2n) is 7.41. The third-order valence-corrected chi connectivity index (χ3v) is 7.50. The van der Waals surface area contributed by atoms with Crippen molar-refractivity contribution < 1.29 is 8.42 Å². The van der Waals surface area contributed by atoms with E-state index in [0.717, 1.165) is 22.4 Å². The maximum atomic E-state index is 13.5. The molecule has 1 aromatic heterocycles. The Labute approximate surface area is 180 Å². The Morgan fingerprint density at radius 2 is 1.77 bits per heavy atom. The molecule has 152 valence electrons. The molecular weight excluding hydrogens is 420 g/mol. The molecule has 1 heterocycles. The summed E-state index contributed by atoms with van der Waals surface area (Å²) in [7, 11) is -4.15. The van der Waals surface area contributed by atoms with E-state index in [1.807, 2.05) is 13.0 Å². The third kappa shape index (κ3) is 3.24. The van der Waals surface area contributed by atoms with Gasteiger partial charge in [-0.2, -0.15) is 5.26 Å². The van der Waals surface area contributed by atoms with E-state index in [-0.39, 0.29) is 16.4 Å². The number of nitriles is 1. The van der Waals surface area contributed by atoms with Crippen molar-refractivity contribution in [2.45, 2.75) is 37.0 Å². The van der Waals surface area contributed by atoms with E-state index in [4.69, 9.17) is 11.6 Å². The lowest BCUT2D eigenvalue weighted by molar-refractivity contribution is 0.543. The lowest BCUT2D eigenvalue weighted by Crippen LogP contribution is -2.36. The number of fused-ring (bicyclic) bond motifs is 1. The van der Waals surface area contributed by atoms with Gasteiger partial charge >= 0.3 is 0 Å². The Morgan fingerprint density at radius 1 is 1.10 bits per heavy atom. The zero-order valence-electron chi connectivity index (χ0n) is 16.3. The van der Waals surface area contributed by atoms with Crippen LogP contribution in [0.5, 0.6) is 0 Å². The van der Waals surface area contributed by atoms with Gasteiger partial charge in [-0.05, 0) is 60.6 Å². The Balaban J connectivity index is 2.14. The van der Waals surface area contributed by atoms with Crippen LogP contribution >= 0.6 is 11.6 Å². The first-order chi connectivity index (χ1) is 14.4. The Bertz CT molecular complexity index is 1320. The second-order valence-corrected chi connectivity index (χ2v) is 9.64. The van der Waals surface area contributed by atoms with Crippen LogP contribution < -0.4 is 5.56 Å². The van der Waals surface area contributed by atoms with Gasteiger partial charge in [0.2, 0.25) is 0 Å². The van der Waals surface area contributed by atoms with E-state index in [1.165, 1.54) is 12.1 Å². The Morgan fingerprint density at radius 3 is 2.40 bits per heavy atom. The molecule has 0 N–H and O–H groups in total. The van der Waals surface area contributed by atoms with Crippen LogP contribution in [-0.4, -0.2) is 12.4 Å². The summed E-state index contributed by atoms with van der Waals surface area (Å²) in [5.41, 5.74) is 1.44. The zero-order valence-corrected chi connectivity index (χ0v) is 17.9. The zero-order chi connectivity index (χ0) is 21.5. The molecule has 4 rings (SSSR count). The quantitative estimate of drug-likeness (QED) is 0.592. The molecule has 30 heavy (non-hydrogen) atoms. The molecule has 0 fully saturated rings. The number of nitrogens with zero attached hydrogens (tertiary/aromatic N) is 2. The smallest absolute Gasteiger partial charge is 0.267 e. The summed E-state index contributed by atoms with van der Waals surface area (Å²) in [6.07, 6.45) is 2.21. The topological polar surface area (TPSA) is 79.9 Å². The van der Waals surface area contributed by atoms with Gasteiger partial charge in [-0.1, -0.05) is 48.9 Å². The van der Waals surface area contributed by atoms with Gasteiger partial charge in [0.05, 0.1) is 4.90 Å². The number of benzene rings is 2. The van der Waals surface area contributed by atoms with Crippen molar-refractivity contribution in [1.82, 2.24) is 3.97 Å². The number of hydrogen-bond donors (Lipinski definition) is 0.